The molecule has 1 N–H and O–H groups in total. The highest BCUT2D eigenvalue weighted by molar-refractivity contribution is 7.98. The minimum atomic E-state index is -0.493. The lowest BCUT2D eigenvalue weighted by molar-refractivity contribution is -0.384. The Bertz CT molecular complexity index is 954. The number of hydrogen-bond donors (Lipinski definition) is 1. The Labute approximate surface area is 151 Å². The molecule has 0 atom stereocenters. The van der Waals surface area contributed by atoms with Crippen molar-refractivity contribution in [2.24, 2.45) is 0 Å². The lowest BCUT2D eigenvalue weighted by atomic mass is 10.2. The number of amides is 1. The van der Waals surface area contributed by atoms with Crippen LogP contribution in [0.25, 0.3) is 10.2 Å². The molecule has 3 aromatic rings. The van der Waals surface area contributed by atoms with Crippen molar-refractivity contribution in [1.29, 1.82) is 0 Å². The number of methoxy groups -OCH3 is 1. The topological polar surface area (TPSA) is 94.4 Å². The van der Waals surface area contributed by atoms with E-state index in [9.17, 15) is 14.9 Å². The summed E-state index contributed by atoms with van der Waals surface area (Å²) in [5, 5.41) is 14.1. The third-order valence-corrected chi connectivity index (χ3v) is 5.11. The van der Waals surface area contributed by atoms with Crippen LogP contribution >= 0.6 is 23.1 Å². The smallest absolute Gasteiger partial charge is 0.274 e. The summed E-state index contributed by atoms with van der Waals surface area (Å²) in [6.45, 7) is 0. The van der Waals surface area contributed by atoms with Crippen LogP contribution in [0.5, 0.6) is 5.75 Å². The molecule has 0 aliphatic rings. The number of benzene rings is 2. The number of fused-ring (bicyclic) bond motifs is 1. The van der Waals surface area contributed by atoms with Gasteiger partial charge in [0.2, 0.25) is 0 Å². The van der Waals surface area contributed by atoms with Gasteiger partial charge in [0.15, 0.2) is 10.9 Å². The monoisotopic (exact) mass is 375 g/mol. The van der Waals surface area contributed by atoms with Gasteiger partial charge in [-0.2, -0.15) is 0 Å². The molecule has 0 unspecified atom stereocenters. The molecule has 1 aromatic heterocycles. The summed E-state index contributed by atoms with van der Waals surface area (Å²) >= 11 is 2.75. The number of rotatable bonds is 5. The van der Waals surface area contributed by atoms with Crippen LogP contribution in [-0.4, -0.2) is 29.2 Å². The number of thiazole rings is 1. The number of nitro benzene ring substituents is 1. The molecular weight excluding hydrogens is 362 g/mol. The highest BCUT2D eigenvalue weighted by atomic mass is 32.2. The largest absolute Gasteiger partial charge is 0.494 e. The van der Waals surface area contributed by atoms with E-state index < -0.39 is 4.92 Å². The molecule has 0 spiro atoms. The minimum Gasteiger partial charge on any atom is -0.494 e. The number of hydrogen-bond acceptors (Lipinski definition) is 7. The number of non-ortho nitro benzene ring substituents is 1. The zero-order valence-electron chi connectivity index (χ0n) is 13.3. The van der Waals surface area contributed by atoms with E-state index in [0.717, 1.165) is 16.2 Å². The fraction of sp³-hybridized carbons (Fsp3) is 0.125. The van der Waals surface area contributed by atoms with E-state index in [0.29, 0.717) is 26.7 Å². The first-order chi connectivity index (χ1) is 12.0. The second-order valence-electron chi connectivity index (χ2n) is 4.95. The van der Waals surface area contributed by atoms with Gasteiger partial charge in [-0.15, -0.1) is 11.8 Å². The molecule has 7 nitrogen and oxygen atoms in total. The van der Waals surface area contributed by atoms with Gasteiger partial charge >= 0.3 is 0 Å². The number of nitrogens with zero attached hydrogens (tertiary/aromatic N) is 2. The van der Waals surface area contributed by atoms with Crippen molar-refractivity contribution in [1.82, 2.24) is 4.98 Å². The molecule has 0 saturated heterocycles. The molecular formula is C16H13N3O4S2. The number of ether oxygens (including phenoxy) is 1. The Morgan fingerprint density at radius 2 is 2.04 bits per heavy atom. The number of anilines is 1. The molecule has 0 aliphatic heterocycles. The van der Waals surface area contributed by atoms with Gasteiger partial charge in [-0.05, 0) is 30.5 Å². The number of carbonyl (C=O) groups excluding carboxylic acids is 1. The Kier molecular flexibility index (Phi) is 4.86. The first-order valence-corrected chi connectivity index (χ1v) is 9.14. The molecule has 128 valence electrons. The Hall–Kier alpha value is -2.65. The maximum Gasteiger partial charge on any atom is 0.274 e. The number of thioether (sulfide) groups is 1. The first-order valence-electron chi connectivity index (χ1n) is 7.10. The summed E-state index contributed by atoms with van der Waals surface area (Å²) in [7, 11) is 1.42. The van der Waals surface area contributed by atoms with E-state index >= 15 is 0 Å². The summed E-state index contributed by atoms with van der Waals surface area (Å²) in [6.07, 6.45) is 1.96. The Morgan fingerprint density at radius 3 is 2.64 bits per heavy atom. The van der Waals surface area contributed by atoms with E-state index in [1.54, 1.807) is 23.9 Å². The summed E-state index contributed by atoms with van der Waals surface area (Å²) in [6, 6.07) is 9.93. The highest BCUT2D eigenvalue weighted by Gasteiger charge is 2.17. The fourth-order valence-electron chi connectivity index (χ4n) is 2.21. The molecule has 1 heterocycles. The van der Waals surface area contributed by atoms with Gasteiger partial charge in [0.05, 0.1) is 22.8 Å². The lowest BCUT2D eigenvalue weighted by Crippen LogP contribution is -2.11. The molecule has 2 aromatic carbocycles. The van der Waals surface area contributed by atoms with Crippen LogP contribution in [0.2, 0.25) is 0 Å². The molecule has 1 amide bonds. The van der Waals surface area contributed by atoms with Crippen molar-refractivity contribution in [3.8, 4) is 5.75 Å². The van der Waals surface area contributed by atoms with Gasteiger partial charge in [-0.1, -0.05) is 11.3 Å². The third-order valence-electron chi connectivity index (χ3n) is 3.45. The fourth-order valence-corrected chi connectivity index (χ4v) is 3.53. The van der Waals surface area contributed by atoms with Gasteiger partial charge in [-0.25, -0.2) is 4.98 Å². The Morgan fingerprint density at radius 1 is 1.32 bits per heavy atom. The molecule has 25 heavy (non-hydrogen) atoms. The van der Waals surface area contributed by atoms with Crippen molar-refractivity contribution in [2.45, 2.75) is 4.90 Å². The van der Waals surface area contributed by atoms with Gasteiger partial charge in [-0.3, -0.25) is 20.2 Å². The first kappa shape index (κ1) is 17.2. The predicted molar refractivity (Wildman–Crippen MR) is 99.0 cm³/mol. The number of nitro groups is 1. The second kappa shape index (κ2) is 7.08. The number of carbonyl (C=O) groups is 1. The van der Waals surface area contributed by atoms with Crippen molar-refractivity contribution < 1.29 is 14.5 Å². The molecule has 0 aliphatic carbocycles. The van der Waals surface area contributed by atoms with Crippen LogP contribution in [0.3, 0.4) is 0 Å². The van der Waals surface area contributed by atoms with Crippen molar-refractivity contribution in [3.63, 3.8) is 0 Å². The Balaban J connectivity index is 1.90. The van der Waals surface area contributed by atoms with Gasteiger partial charge in [0.25, 0.3) is 11.6 Å². The number of aromatic nitrogens is 1. The molecule has 0 radical (unpaired) electrons. The van der Waals surface area contributed by atoms with Crippen LogP contribution in [0, 0.1) is 10.1 Å². The van der Waals surface area contributed by atoms with Gasteiger partial charge in [0.1, 0.15) is 5.52 Å². The van der Waals surface area contributed by atoms with Crippen LogP contribution < -0.4 is 10.1 Å². The molecule has 0 fully saturated rings. The second-order valence-corrected chi connectivity index (χ2v) is 6.86. The zero-order chi connectivity index (χ0) is 18.0. The van der Waals surface area contributed by atoms with Crippen molar-refractivity contribution >= 4 is 50.0 Å². The predicted octanol–water partition coefficient (Wildman–Crippen LogP) is 4.19. The third kappa shape index (κ3) is 3.57. The lowest BCUT2D eigenvalue weighted by Gasteiger charge is -2.02. The highest BCUT2D eigenvalue weighted by Crippen LogP contribution is 2.36. The van der Waals surface area contributed by atoms with Crippen molar-refractivity contribution in [2.75, 3.05) is 18.7 Å². The van der Waals surface area contributed by atoms with Crippen LogP contribution in [-0.2, 0) is 0 Å². The van der Waals surface area contributed by atoms with E-state index in [-0.39, 0.29) is 11.6 Å². The quantitative estimate of drug-likeness (QED) is 0.408. The van der Waals surface area contributed by atoms with Crippen LogP contribution in [0.1, 0.15) is 10.4 Å². The maximum absolute atomic E-state index is 12.3. The van der Waals surface area contributed by atoms with Crippen LogP contribution in [0.4, 0.5) is 10.8 Å². The summed E-state index contributed by atoms with van der Waals surface area (Å²) in [5.41, 5.74) is 0.902. The molecule has 9 heteroatoms. The van der Waals surface area contributed by atoms with E-state index in [4.69, 9.17) is 4.74 Å². The standard InChI is InChI=1S/C16H13N3O4S2/c1-23-12-7-10(19(21)22)8-13-14(12)17-16(25-13)18-15(20)9-3-5-11(24-2)6-4-9/h3-8H,1-2H3,(H,17,18,20). The summed E-state index contributed by atoms with van der Waals surface area (Å²) in [5.74, 6) is 0.00504. The SMILES string of the molecule is COc1cc([N+](=O)[O-])cc2sc(NC(=O)c3ccc(SC)cc3)nc12. The normalized spacial score (nSPS) is 10.6. The van der Waals surface area contributed by atoms with Gasteiger partial charge in [0, 0.05) is 16.5 Å². The van der Waals surface area contributed by atoms with E-state index in [1.807, 2.05) is 18.4 Å². The molecule has 3 rings (SSSR count). The average molecular weight is 375 g/mol. The number of nitrogens with one attached hydrogen (secondary N) is 1. The van der Waals surface area contributed by atoms with Crippen LogP contribution in [0.15, 0.2) is 41.3 Å². The van der Waals surface area contributed by atoms with Crippen molar-refractivity contribution in [3.05, 3.63) is 52.1 Å². The maximum atomic E-state index is 12.3. The van der Waals surface area contributed by atoms with Gasteiger partial charge < -0.3 is 4.74 Å². The molecule has 0 saturated carbocycles. The minimum absolute atomic E-state index is 0.0847. The summed E-state index contributed by atoms with van der Waals surface area (Å²) in [4.78, 5) is 28.2. The summed E-state index contributed by atoms with van der Waals surface area (Å²) < 4.78 is 5.74. The zero-order valence-corrected chi connectivity index (χ0v) is 14.9. The van der Waals surface area contributed by atoms with E-state index in [1.165, 1.54) is 19.2 Å². The average Bonchev–Trinajstić information content (AvgIpc) is 3.03. The van der Waals surface area contributed by atoms with E-state index in [2.05, 4.69) is 10.3 Å². The molecule has 0 bridgehead atoms.